The molecule has 0 radical (unpaired) electrons. The molecule has 5 heteroatoms. The molecule has 2 rings (SSSR count). The summed E-state index contributed by atoms with van der Waals surface area (Å²) in [6.07, 6.45) is 2.45. The van der Waals surface area contributed by atoms with Gasteiger partial charge in [0.15, 0.2) is 0 Å². The highest BCUT2D eigenvalue weighted by molar-refractivity contribution is 5.96. The number of nitrogens with zero attached hydrogens (tertiary/aromatic N) is 1. The summed E-state index contributed by atoms with van der Waals surface area (Å²) in [4.78, 5) is 16.3. The Morgan fingerprint density at radius 3 is 2.95 bits per heavy atom. The van der Waals surface area contributed by atoms with Crippen LogP contribution >= 0.6 is 0 Å². The van der Waals surface area contributed by atoms with Crippen molar-refractivity contribution in [1.29, 1.82) is 0 Å². The number of nitrogens with two attached hydrogens (primary N) is 1. The van der Waals surface area contributed by atoms with Crippen LogP contribution < -0.4 is 11.1 Å². The van der Waals surface area contributed by atoms with Gasteiger partial charge in [0, 0.05) is 12.0 Å². The maximum absolute atomic E-state index is 12.2. The fourth-order valence-corrected chi connectivity index (χ4v) is 1.78. The summed E-state index contributed by atoms with van der Waals surface area (Å²) in [5.41, 5.74) is 6.53. The Hall–Kier alpha value is -2.58. The van der Waals surface area contributed by atoms with Crippen molar-refractivity contribution < 1.29 is 9.21 Å². The average Bonchev–Trinajstić information content (AvgIpc) is 2.99. The van der Waals surface area contributed by atoms with E-state index in [0.717, 1.165) is 12.2 Å². The van der Waals surface area contributed by atoms with Crippen LogP contribution in [0.15, 0.2) is 34.9 Å². The molecule has 108 valence electrons. The molecule has 21 heavy (non-hydrogen) atoms. The zero-order valence-electron chi connectivity index (χ0n) is 11.8. The molecular formula is C16H17N3O2. The molecule has 2 aromatic rings. The highest BCUT2D eigenvalue weighted by atomic mass is 16.4. The first kappa shape index (κ1) is 14.8. The number of hydrogen-bond acceptors (Lipinski definition) is 4. The molecule has 0 bridgehead atoms. The molecule has 1 heterocycles. The van der Waals surface area contributed by atoms with E-state index in [4.69, 9.17) is 10.2 Å². The Balaban J connectivity index is 2.06. The van der Waals surface area contributed by atoms with Gasteiger partial charge in [-0.15, -0.1) is 0 Å². The number of aryl methyl sites for hydroxylation is 1. The van der Waals surface area contributed by atoms with Crippen molar-refractivity contribution in [3.8, 4) is 11.8 Å². The Labute approximate surface area is 123 Å². The molecule has 0 saturated carbocycles. The topological polar surface area (TPSA) is 81.2 Å². The molecular weight excluding hydrogens is 266 g/mol. The molecule has 1 amide bonds. The molecule has 0 aliphatic rings. The molecule has 1 aromatic heterocycles. The number of hydrogen-bond donors (Lipinski definition) is 2. The standard InChI is InChI=1S/C16H17N3O2/c1-2-13-10-18-15(21-13)11-19-16(20)14-8-4-3-6-12(14)7-5-9-17/h3-4,6,8,10H,2,9,11,17H2,1H3,(H,19,20). The van der Waals surface area contributed by atoms with E-state index in [1.54, 1.807) is 24.4 Å². The second-order valence-electron chi connectivity index (χ2n) is 4.31. The minimum atomic E-state index is -0.215. The van der Waals surface area contributed by atoms with Crippen LogP contribution in [0.25, 0.3) is 0 Å². The number of nitrogens with one attached hydrogen (secondary N) is 1. The molecule has 0 aliphatic heterocycles. The maximum atomic E-state index is 12.2. The number of carbonyl (C=O) groups excluding carboxylic acids is 1. The fraction of sp³-hybridized carbons (Fsp3) is 0.250. The Morgan fingerprint density at radius 2 is 2.24 bits per heavy atom. The first-order chi connectivity index (χ1) is 10.2. The minimum Gasteiger partial charge on any atom is -0.444 e. The lowest BCUT2D eigenvalue weighted by Gasteiger charge is -2.05. The third kappa shape index (κ3) is 3.94. The summed E-state index contributed by atoms with van der Waals surface area (Å²) >= 11 is 0. The lowest BCUT2D eigenvalue weighted by molar-refractivity contribution is 0.0947. The molecule has 3 N–H and O–H groups in total. The first-order valence-electron chi connectivity index (χ1n) is 6.74. The predicted molar refractivity (Wildman–Crippen MR) is 79.4 cm³/mol. The largest absolute Gasteiger partial charge is 0.444 e. The van der Waals surface area contributed by atoms with Gasteiger partial charge >= 0.3 is 0 Å². The van der Waals surface area contributed by atoms with Gasteiger partial charge in [0.1, 0.15) is 5.76 Å². The second kappa shape index (κ2) is 7.27. The van der Waals surface area contributed by atoms with Crippen molar-refractivity contribution >= 4 is 5.91 Å². The van der Waals surface area contributed by atoms with Crippen molar-refractivity contribution in [1.82, 2.24) is 10.3 Å². The van der Waals surface area contributed by atoms with Gasteiger partial charge in [-0.2, -0.15) is 0 Å². The summed E-state index contributed by atoms with van der Waals surface area (Å²) in [7, 11) is 0. The molecule has 0 spiro atoms. The Bertz CT molecular complexity index is 680. The maximum Gasteiger partial charge on any atom is 0.252 e. The van der Waals surface area contributed by atoms with Gasteiger partial charge in [-0.3, -0.25) is 4.79 Å². The second-order valence-corrected chi connectivity index (χ2v) is 4.31. The van der Waals surface area contributed by atoms with Crippen molar-refractivity contribution in [2.45, 2.75) is 19.9 Å². The average molecular weight is 283 g/mol. The lowest BCUT2D eigenvalue weighted by Crippen LogP contribution is -2.23. The van der Waals surface area contributed by atoms with E-state index in [9.17, 15) is 4.79 Å². The first-order valence-corrected chi connectivity index (χ1v) is 6.74. The Kier molecular flexibility index (Phi) is 5.13. The smallest absolute Gasteiger partial charge is 0.252 e. The number of rotatable bonds is 4. The number of carbonyl (C=O) groups is 1. The zero-order chi connectivity index (χ0) is 15.1. The number of oxazole rings is 1. The van der Waals surface area contributed by atoms with E-state index in [2.05, 4.69) is 22.1 Å². The monoisotopic (exact) mass is 283 g/mol. The molecule has 0 fully saturated rings. The molecule has 5 nitrogen and oxygen atoms in total. The molecule has 0 saturated heterocycles. The third-order valence-corrected chi connectivity index (χ3v) is 2.85. The highest BCUT2D eigenvalue weighted by Gasteiger charge is 2.10. The van der Waals surface area contributed by atoms with Crippen LogP contribution in [0.4, 0.5) is 0 Å². The van der Waals surface area contributed by atoms with E-state index < -0.39 is 0 Å². The molecule has 0 aliphatic carbocycles. The molecule has 1 aromatic carbocycles. The van der Waals surface area contributed by atoms with Crippen LogP contribution in [0.1, 0.15) is 34.5 Å². The van der Waals surface area contributed by atoms with Crippen LogP contribution in [-0.4, -0.2) is 17.4 Å². The summed E-state index contributed by atoms with van der Waals surface area (Å²) in [6.45, 7) is 2.48. The third-order valence-electron chi connectivity index (χ3n) is 2.85. The Morgan fingerprint density at radius 1 is 1.43 bits per heavy atom. The van der Waals surface area contributed by atoms with Crippen LogP contribution in [0, 0.1) is 11.8 Å². The predicted octanol–water partition coefficient (Wildman–Crippen LogP) is 1.48. The summed E-state index contributed by atoms with van der Waals surface area (Å²) in [6, 6.07) is 7.14. The van der Waals surface area contributed by atoms with Crippen molar-refractivity contribution in [3.05, 3.63) is 53.2 Å². The zero-order valence-corrected chi connectivity index (χ0v) is 11.8. The van der Waals surface area contributed by atoms with Crippen molar-refractivity contribution in [3.63, 3.8) is 0 Å². The summed E-state index contributed by atoms with van der Waals surface area (Å²) < 4.78 is 5.44. The molecule has 0 unspecified atom stereocenters. The van der Waals surface area contributed by atoms with Crippen LogP contribution in [-0.2, 0) is 13.0 Å². The number of amides is 1. The van der Waals surface area contributed by atoms with E-state index in [1.165, 1.54) is 0 Å². The molecule has 0 atom stereocenters. The van der Waals surface area contributed by atoms with Gasteiger partial charge in [0.2, 0.25) is 5.89 Å². The fourth-order valence-electron chi connectivity index (χ4n) is 1.78. The quantitative estimate of drug-likeness (QED) is 0.833. The minimum absolute atomic E-state index is 0.215. The van der Waals surface area contributed by atoms with E-state index in [1.807, 2.05) is 13.0 Å². The van der Waals surface area contributed by atoms with Gasteiger partial charge in [0.05, 0.1) is 24.8 Å². The highest BCUT2D eigenvalue weighted by Crippen LogP contribution is 2.08. The van der Waals surface area contributed by atoms with Crippen molar-refractivity contribution in [2.75, 3.05) is 6.54 Å². The SMILES string of the molecule is CCc1cnc(CNC(=O)c2ccccc2C#CCN)o1. The number of aromatic nitrogens is 1. The van der Waals surface area contributed by atoms with Gasteiger partial charge in [-0.1, -0.05) is 30.9 Å². The normalized spacial score (nSPS) is 9.81. The van der Waals surface area contributed by atoms with E-state index >= 15 is 0 Å². The number of benzene rings is 1. The summed E-state index contributed by atoms with van der Waals surface area (Å²) in [5.74, 6) is 6.72. The van der Waals surface area contributed by atoms with Crippen molar-refractivity contribution in [2.24, 2.45) is 5.73 Å². The van der Waals surface area contributed by atoms with Gasteiger partial charge in [0.25, 0.3) is 5.91 Å². The van der Waals surface area contributed by atoms with Crippen LogP contribution in [0.5, 0.6) is 0 Å². The van der Waals surface area contributed by atoms with Crippen LogP contribution in [0.2, 0.25) is 0 Å². The lowest BCUT2D eigenvalue weighted by atomic mass is 10.1. The van der Waals surface area contributed by atoms with Gasteiger partial charge < -0.3 is 15.5 Å². The van der Waals surface area contributed by atoms with Gasteiger partial charge in [-0.05, 0) is 12.1 Å². The van der Waals surface area contributed by atoms with E-state index in [-0.39, 0.29) is 19.0 Å². The summed E-state index contributed by atoms with van der Waals surface area (Å²) in [5, 5.41) is 2.78. The van der Waals surface area contributed by atoms with Gasteiger partial charge in [-0.25, -0.2) is 4.98 Å². The van der Waals surface area contributed by atoms with Crippen LogP contribution in [0.3, 0.4) is 0 Å². The van der Waals surface area contributed by atoms with E-state index in [0.29, 0.717) is 17.0 Å².